The van der Waals surface area contributed by atoms with Gasteiger partial charge in [-0.3, -0.25) is 14.4 Å². The summed E-state index contributed by atoms with van der Waals surface area (Å²) in [5.74, 6) is -1.15. The number of hydrogen-bond acceptors (Lipinski definition) is 7. The van der Waals surface area contributed by atoms with E-state index in [1.807, 2.05) is 11.6 Å². The summed E-state index contributed by atoms with van der Waals surface area (Å²) in [4.78, 5) is 19.6. The molecule has 206 valence electrons. The first-order valence-electron chi connectivity index (χ1n) is 11.9. The van der Waals surface area contributed by atoms with Crippen molar-refractivity contribution in [3.8, 4) is 11.4 Å². The van der Waals surface area contributed by atoms with Crippen LogP contribution in [0, 0.1) is 12.7 Å². The molecule has 5 rings (SSSR count). The van der Waals surface area contributed by atoms with Crippen molar-refractivity contribution >= 4 is 5.91 Å². The minimum Gasteiger partial charge on any atom is -0.494 e. The van der Waals surface area contributed by atoms with Crippen molar-refractivity contribution in [1.29, 1.82) is 0 Å². The van der Waals surface area contributed by atoms with Gasteiger partial charge in [-0.25, -0.2) is 14.1 Å². The summed E-state index contributed by atoms with van der Waals surface area (Å²) in [6, 6.07) is 2.89. The lowest BCUT2D eigenvalue weighted by Gasteiger charge is -2.22. The Hall–Kier alpha value is -4.27. The van der Waals surface area contributed by atoms with Crippen molar-refractivity contribution in [2.75, 3.05) is 20.7 Å². The van der Waals surface area contributed by atoms with Crippen LogP contribution in [0.25, 0.3) is 5.69 Å². The maximum absolute atomic E-state index is 15.2. The number of likely N-dealkylation sites (N-methyl/N-ethyl adjacent to an activating group) is 1. The number of ether oxygens (including phenoxy) is 1. The number of amides is 1. The third-order valence-electron chi connectivity index (χ3n) is 6.33. The van der Waals surface area contributed by atoms with E-state index in [1.165, 1.54) is 23.9 Å². The van der Waals surface area contributed by atoms with Gasteiger partial charge in [0.05, 0.1) is 49.0 Å². The molecule has 3 aromatic heterocycles. The van der Waals surface area contributed by atoms with Gasteiger partial charge in [0, 0.05) is 37.6 Å². The summed E-state index contributed by atoms with van der Waals surface area (Å²) < 4.78 is 66.0. The second-order valence-electron chi connectivity index (χ2n) is 9.23. The fourth-order valence-corrected chi connectivity index (χ4v) is 4.41. The fraction of sp³-hybridized carbons (Fsp3) is 0.375. The van der Waals surface area contributed by atoms with E-state index in [0.717, 1.165) is 29.8 Å². The van der Waals surface area contributed by atoms with Crippen LogP contribution in [0.3, 0.4) is 0 Å². The molecule has 11 nitrogen and oxygen atoms in total. The Kier molecular flexibility index (Phi) is 6.84. The smallest absolute Gasteiger partial charge is 0.435 e. The van der Waals surface area contributed by atoms with Crippen LogP contribution in [0.4, 0.5) is 17.6 Å². The molecule has 0 saturated heterocycles. The van der Waals surface area contributed by atoms with E-state index in [1.54, 1.807) is 19.3 Å². The molecule has 39 heavy (non-hydrogen) atoms. The minimum absolute atomic E-state index is 0.0397. The highest BCUT2D eigenvalue weighted by Gasteiger charge is 2.39. The van der Waals surface area contributed by atoms with Gasteiger partial charge in [-0.1, -0.05) is 5.21 Å². The summed E-state index contributed by atoms with van der Waals surface area (Å²) in [7, 11) is 3.23. The third-order valence-corrected chi connectivity index (χ3v) is 6.33. The average molecular weight is 548 g/mol. The molecule has 0 saturated carbocycles. The first-order valence-corrected chi connectivity index (χ1v) is 11.9. The molecule has 4 aromatic rings. The maximum Gasteiger partial charge on any atom is 0.435 e. The highest BCUT2D eigenvalue weighted by molar-refractivity contribution is 5.95. The van der Waals surface area contributed by atoms with Crippen molar-refractivity contribution < 1.29 is 27.1 Å². The molecule has 1 aliphatic rings. The molecule has 1 N–H and O–H groups in total. The average Bonchev–Trinajstić information content (AvgIpc) is 3.60. The van der Waals surface area contributed by atoms with Crippen molar-refractivity contribution in [1.82, 2.24) is 44.5 Å². The van der Waals surface area contributed by atoms with Gasteiger partial charge in [-0.15, -0.1) is 5.10 Å². The number of aromatic nitrogens is 7. The maximum atomic E-state index is 15.2. The highest BCUT2D eigenvalue weighted by atomic mass is 19.4. The van der Waals surface area contributed by atoms with E-state index in [-0.39, 0.29) is 23.5 Å². The van der Waals surface area contributed by atoms with Crippen molar-refractivity contribution in [2.24, 2.45) is 0 Å². The number of carbonyl (C=O) groups excluding carboxylic acids is 1. The lowest BCUT2D eigenvalue weighted by molar-refractivity contribution is -0.141. The summed E-state index contributed by atoms with van der Waals surface area (Å²) in [6.07, 6.45) is -0.551. The third kappa shape index (κ3) is 5.34. The molecule has 0 atom stereocenters. The highest BCUT2D eigenvalue weighted by Crippen LogP contribution is 2.31. The van der Waals surface area contributed by atoms with Gasteiger partial charge in [-0.2, -0.15) is 18.3 Å². The first-order chi connectivity index (χ1) is 18.5. The number of benzene rings is 1. The van der Waals surface area contributed by atoms with E-state index >= 15 is 4.39 Å². The molecular weight excluding hydrogens is 522 g/mol. The first kappa shape index (κ1) is 26.3. The monoisotopic (exact) mass is 547 g/mol. The fourth-order valence-electron chi connectivity index (χ4n) is 4.41. The molecule has 0 unspecified atom stereocenters. The largest absolute Gasteiger partial charge is 0.494 e. The number of halogens is 4. The summed E-state index contributed by atoms with van der Waals surface area (Å²) in [5, 5.41) is 13.8. The van der Waals surface area contributed by atoms with Gasteiger partial charge in [0.1, 0.15) is 5.82 Å². The molecule has 1 amide bonds. The van der Waals surface area contributed by atoms with E-state index in [4.69, 9.17) is 4.74 Å². The van der Waals surface area contributed by atoms with E-state index in [0.29, 0.717) is 17.9 Å². The Labute approximate surface area is 220 Å². The summed E-state index contributed by atoms with van der Waals surface area (Å²) in [6.45, 7) is 3.37. The molecule has 0 fully saturated rings. The van der Waals surface area contributed by atoms with Crippen LogP contribution in [0.5, 0.6) is 5.75 Å². The molecule has 0 aliphatic carbocycles. The Morgan fingerprint density at radius 3 is 2.67 bits per heavy atom. The number of imidazole rings is 1. The van der Waals surface area contributed by atoms with Crippen LogP contribution in [0.15, 0.2) is 30.7 Å². The Morgan fingerprint density at radius 1 is 1.18 bits per heavy atom. The van der Waals surface area contributed by atoms with E-state index in [9.17, 15) is 18.0 Å². The summed E-state index contributed by atoms with van der Waals surface area (Å²) in [5.41, 5.74) is -0.740. The molecule has 1 aliphatic heterocycles. The second kappa shape index (κ2) is 10.1. The van der Waals surface area contributed by atoms with Crippen LogP contribution in [-0.4, -0.2) is 65.8 Å². The van der Waals surface area contributed by atoms with Gasteiger partial charge < -0.3 is 14.6 Å². The number of rotatable bonds is 7. The number of carbonyl (C=O) groups is 1. The van der Waals surface area contributed by atoms with Crippen LogP contribution in [0.2, 0.25) is 0 Å². The zero-order chi connectivity index (χ0) is 27.9. The molecular formula is C24H25F4N9O2. The molecule has 0 radical (unpaired) electrons. The zero-order valence-corrected chi connectivity index (χ0v) is 21.3. The number of aryl methyl sites for hydroxylation is 1. The van der Waals surface area contributed by atoms with Crippen LogP contribution in [-0.2, 0) is 32.4 Å². The number of nitrogens with zero attached hydrogens (tertiary/aromatic N) is 8. The quantitative estimate of drug-likeness (QED) is 0.355. The lowest BCUT2D eigenvalue weighted by atomic mass is 10.1. The minimum atomic E-state index is -4.89. The predicted molar refractivity (Wildman–Crippen MR) is 129 cm³/mol. The second-order valence-corrected chi connectivity index (χ2v) is 9.23. The Bertz CT molecular complexity index is 1520. The van der Waals surface area contributed by atoms with Crippen molar-refractivity contribution in [2.45, 2.75) is 39.3 Å². The number of methoxy groups -OCH3 is 1. The summed E-state index contributed by atoms with van der Waals surface area (Å²) >= 11 is 0. The van der Waals surface area contributed by atoms with E-state index in [2.05, 4.69) is 30.6 Å². The molecule has 0 bridgehead atoms. The normalized spacial score (nSPS) is 13.9. The number of alkyl halides is 3. The number of hydrogen-bond donors (Lipinski definition) is 1. The van der Waals surface area contributed by atoms with Crippen LogP contribution >= 0.6 is 0 Å². The van der Waals surface area contributed by atoms with Crippen molar-refractivity contribution in [3.05, 3.63) is 70.6 Å². The Morgan fingerprint density at radius 2 is 1.97 bits per heavy atom. The molecule has 4 heterocycles. The molecule has 0 spiro atoms. The van der Waals surface area contributed by atoms with Crippen LogP contribution in [0.1, 0.15) is 38.8 Å². The number of fused-ring (bicyclic) bond motifs is 1. The zero-order valence-electron chi connectivity index (χ0n) is 21.3. The topological polar surface area (TPSA) is 108 Å². The van der Waals surface area contributed by atoms with Crippen LogP contribution < -0.4 is 10.1 Å². The van der Waals surface area contributed by atoms with Gasteiger partial charge in [0.15, 0.2) is 17.3 Å². The standard InChI is InChI=1S/C24H25F4N9O2/c1-14-9-37(33-31-14)18-4-5-19(39-3)21(25)16(18)8-29-23(38)17-12-36(32-22(17)24(26,27)28)11-15-10-35-7-6-34(2)13-20(35)30-15/h4-5,9-10,12H,6-8,11,13H2,1-3H3,(H,29,38). The Balaban J connectivity index is 1.40. The predicted octanol–water partition coefficient (Wildman–Crippen LogP) is 2.56. The molecule has 1 aromatic carbocycles. The van der Waals surface area contributed by atoms with Gasteiger partial charge in [-0.05, 0) is 26.1 Å². The lowest BCUT2D eigenvalue weighted by Crippen LogP contribution is -2.30. The van der Waals surface area contributed by atoms with Gasteiger partial charge >= 0.3 is 6.18 Å². The SMILES string of the molecule is COc1ccc(-n2cc(C)nn2)c(CNC(=O)c2cn(Cc3cn4c(n3)CN(C)CC4)nc2C(F)(F)F)c1F. The van der Waals surface area contributed by atoms with E-state index < -0.39 is 35.7 Å². The van der Waals surface area contributed by atoms with Gasteiger partial charge in [0.2, 0.25) is 0 Å². The molecule has 15 heteroatoms. The number of nitrogens with one attached hydrogen (secondary N) is 1. The van der Waals surface area contributed by atoms with Crippen molar-refractivity contribution in [3.63, 3.8) is 0 Å². The van der Waals surface area contributed by atoms with Gasteiger partial charge in [0.25, 0.3) is 5.91 Å².